The lowest BCUT2D eigenvalue weighted by Gasteiger charge is -2.25. The van der Waals surface area contributed by atoms with Crippen molar-refractivity contribution in [2.75, 3.05) is 19.8 Å². The van der Waals surface area contributed by atoms with E-state index in [9.17, 15) is 0 Å². The number of hydrogen-bond acceptors (Lipinski definition) is 2. The molecule has 0 spiro atoms. The molecular weight excluding hydrogens is 152 g/mol. The zero-order valence-electron chi connectivity index (χ0n) is 8.21. The third-order valence-corrected chi connectivity index (χ3v) is 2.33. The van der Waals surface area contributed by atoms with Crippen LogP contribution in [-0.2, 0) is 9.47 Å². The van der Waals surface area contributed by atoms with Crippen LogP contribution in [-0.4, -0.2) is 25.9 Å². The summed E-state index contributed by atoms with van der Waals surface area (Å²) in [4.78, 5) is 0. The van der Waals surface area contributed by atoms with Gasteiger partial charge in [-0.05, 0) is 12.3 Å². The summed E-state index contributed by atoms with van der Waals surface area (Å²) in [6.07, 6.45) is 4.10. The number of rotatable bonds is 4. The smallest absolute Gasteiger partial charge is 0.0812 e. The van der Waals surface area contributed by atoms with Gasteiger partial charge in [0.2, 0.25) is 0 Å². The van der Waals surface area contributed by atoms with Crippen molar-refractivity contribution in [2.45, 2.75) is 39.2 Å². The molecule has 1 fully saturated rings. The summed E-state index contributed by atoms with van der Waals surface area (Å²) >= 11 is 0. The molecule has 1 aliphatic rings. The lowest BCUT2D eigenvalue weighted by atomic mass is 9.99. The second-order valence-corrected chi connectivity index (χ2v) is 3.70. The fourth-order valence-electron chi connectivity index (χ4n) is 1.73. The van der Waals surface area contributed by atoms with E-state index in [4.69, 9.17) is 9.47 Å². The molecule has 2 atom stereocenters. The van der Waals surface area contributed by atoms with E-state index in [0.29, 0.717) is 6.10 Å². The molecule has 0 N–H and O–H groups in total. The molecule has 0 radical (unpaired) electrons. The van der Waals surface area contributed by atoms with Gasteiger partial charge in [0.25, 0.3) is 0 Å². The molecule has 0 aromatic heterocycles. The van der Waals surface area contributed by atoms with Crippen molar-refractivity contribution in [2.24, 2.45) is 5.92 Å². The first kappa shape index (κ1) is 10.0. The molecule has 0 aliphatic carbocycles. The number of ether oxygens (including phenoxy) is 2. The van der Waals surface area contributed by atoms with Gasteiger partial charge in [-0.25, -0.2) is 0 Å². The fourth-order valence-corrected chi connectivity index (χ4v) is 1.73. The predicted octanol–water partition coefficient (Wildman–Crippen LogP) is 2.23. The van der Waals surface area contributed by atoms with E-state index >= 15 is 0 Å². The summed E-state index contributed by atoms with van der Waals surface area (Å²) in [7, 11) is 0. The Labute approximate surface area is 75.2 Å². The highest BCUT2D eigenvalue weighted by molar-refractivity contribution is 4.65. The first-order valence-corrected chi connectivity index (χ1v) is 5.02. The third-order valence-electron chi connectivity index (χ3n) is 2.33. The van der Waals surface area contributed by atoms with Gasteiger partial charge in [0.15, 0.2) is 0 Å². The van der Waals surface area contributed by atoms with Crippen LogP contribution in [0.4, 0.5) is 0 Å². The molecule has 0 aromatic carbocycles. The van der Waals surface area contributed by atoms with Gasteiger partial charge in [0, 0.05) is 0 Å². The lowest BCUT2D eigenvalue weighted by molar-refractivity contribution is -0.0953. The largest absolute Gasteiger partial charge is 0.376 e. The van der Waals surface area contributed by atoms with Crippen molar-refractivity contribution in [1.82, 2.24) is 0 Å². The molecule has 2 unspecified atom stereocenters. The van der Waals surface area contributed by atoms with E-state index in [-0.39, 0.29) is 0 Å². The van der Waals surface area contributed by atoms with Gasteiger partial charge in [0.1, 0.15) is 0 Å². The summed E-state index contributed by atoms with van der Waals surface area (Å²) in [6, 6.07) is 0. The fraction of sp³-hybridized carbons (Fsp3) is 1.00. The molecule has 0 amide bonds. The molecule has 0 saturated carbocycles. The van der Waals surface area contributed by atoms with E-state index in [0.717, 1.165) is 32.2 Å². The zero-order chi connectivity index (χ0) is 8.81. The minimum Gasteiger partial charge on any atom is -0.376 e. The maximum atomic E-state index is 5.57. The first-order chi connectivity index (χ1) is 5.83. The van der Waals surface area contributed by atoms with E-state index in [1.807, 2.05) is 0 Å². The summed E-state index contributed by atoms with van der Waals surface area (Å²) < 4.78 is 10.9. The molecule has 1 aliphatic heterocycles. The first-order valence-electron chi connectivity index (χ1n) is 5.02. The van der Waals surface area contributed by atoms with Crippen molar-refractivity contribution in [3.05, 3.63) is 0 Å². The van der Waals surface area contributed by atoms with Crippen LogP contribution >= 0.6 is 0 Å². The topological polar surface area (TPSA) is 18.5 Å². The van der Waals surface area contributed by atoms with E-state index in [2.05, 4.69) is 13.8 Å². The highest BCUT2D eigenvalue weighted by Gasteiger charge is 2.16. The highest BCUT2D eigenvalue weighted by atomic mass is 16.6. The molecule has 2 nitrogen and oxygen atoms in total. The van der Waals surface area contributed by atoms with Crippen LogP contribution in [0, 0.1) is 5.92 Å². The van der Waals surface area contributed by atoms with Crippen LogP contribution in [0.1, 0.15) is 33.1 Å². The van der Waals surface area contributed by atoms with Crippen LogP contribution in [0.3, 0.4) is 0 Å². The molecule has 12 heavy (non-hydrogen) atoms. The molecular formula is C10H20O2. The summed E-state index contributed by atoms with van der Waals surface area (Å²) in [6.45, 7) is 6.88. The molecule has 0 bridgehead atoms. The van der Waals surface area contributed by atoms with Crippen LogP contribution in [0.15, 0.2) is 0 Å². The SMILES string of the molecule is CCCC(C)CC1COCCO1. The second kappa shape index (κ2) is 5.55. The highest BCUT2D eigenvalue weighted by Crippen LogP contribution is 2.16. The Balaban J connectivity index is 2.11. The Hall–Kier alpha value is -0.0800. The van der Waals surface area contributed by atoms with Gasteiger partial charge in [-0.2, -0.15) is 0 Å². The van der Waals surface area contributed by atoms with Crippen LogP contribution in [0.25, 0.3) is 0 Å². The van der Waals surface area contributed by atoms with E-state index < -0.39 is 0 Å². The standard InChI is InChI=1S/C10H20O2/c1-3-4-9(2)7-10-8-11-5-6-12-10/h9-10H,3-8H2,1-2H3. The van der Waals surface area contributed by atoms with Gasteiger partial charge in [-0.1, -0.05) is 26.7 Å². The molecule has 0 aromatic rings. The average Bonchev–Trinajstić information content (AvgIpc) is 2.06. The lowest BCUT2D eigenvalue weighted by Crippen LogP contribution is -2.29. The van der Waals surface area contributed by atoms with Gasteiger partial charge < -0.3 is 9.47 Å². The maximum Gasteiger partial charge on any atom is 0.0812 e. The van der Waals surface area contributed by atoms with Gasteiger partial charge in [0.05, 0.1) is 25.9 Å². The molecule has 1 saturated heterocycles. The van der Waals surface area contributed by atoms with Crippen molar-refractivity contribution in [1.29, 1.82) is 0 Å². The summed E-state index contributed by atoms with van der Waals surface area (Å²) in [5, 5.41) is 0. The van der Waals surface area contributed by atoms with Crippen LogP contribution in [0.2, 0.25) is 0 Å². The maximum absolute atomic E-state index is 5.57. The van der Waals surface area contributed by atoms with Crippen molar-refractivity contribution >= 4 is 0 Å². The average molecular weight is 172 g/mol. The molecule has 2 heteroatoms. The monoisotopic (exact) mass is 172 g/mol. The summed E-state index contributed by atoms with van der Waals surface area (Å²) in [5.74, 6) is 0.779. The number of hydrogen-bond donors (Lipinski definition) is 0. The molecule has 1 rings (SSSR count). The minimum absolute atomic E-state index is 0.361. The predicted molar refractivity (Wildman–Crippen MR) is 49.2 cm³/mol. The van der Waals surface area contributed by atoms with Crippen LogP contribution < -0.4 is 0 Å². The minimum atomic E-state index is 0.361. The van der Waals surface area contributed by atoms with Gasteiger partial charge in [-0.3, -0.25) is 0 Å². The Bertz CT molecular complexity index is 108. The Morgan fingerprint density at radius 3 is 2.83 bits per heavy atom. The zero-order valence-corrected chi connectivity index (χ0v) is 8.21. The third kappa shape index (κ3) is 3.55. The van der Waals surface area contributed by atoms with E-state index in [1.54, 1.807) is 0 Å². The Kier molecular flexibility index (Phi) is 4.62. The normalized spacial score (nSPS) is 27.0. The quantitative estimate of drug-likeness (QED) is 0.647. The molecule has 72 valence electrons. The Morgan fingerprint density at radius 1 is 1.42 bits per heavy atom. The van der Waals surface area contributed by atoms with E-state index in [1.165, 1.54) is 12.8 Å². The van der Waals surface area contributed by atoms with Gasteiger partial charge >= 0.3 is 0 Å². The van der Waals surface area contributed by atoms with Crippen molar-refractivity contribution < 1.29 is 9.47 Å². The van der Waals surface area contributed by atoms with Crippen LogP contribution in [0.5, 0.6) is 0 Å². The van der Waals surface area contributed by atoms with Crippen molar-refractivity contribution in [3.63, 3.8) is 0 Å². The summed E-state index contributed by atoms with van der Waals surface area (Å²) in [5.41, 5.74) is 0. The van der Waals surface area contributed by atoms with Gasteiger partial charge in [-0.15, -0.1) is 0 Å². The Morgan fingerprint density at radius 2 is 2.25 bits per heavy atom. The second-order valence-electron chi connectivity index (χ2n) is 3.70. The van der Waals surface area contributed by atoms with Crippen molar-refractivity contribution in [3.8, 4) is 0 Å². The molecule has 1 heterocycles.